The number of thioether (sulfide) groups is 1. The van der Waals surface area contributed by atoms with Crippen molar-refractivity contribution in [3.8, 4) is 5.69 Å². The third-order valence-corrected chi connectivity index (χ3v) is 7.10. The maximum absolute atomic E-state index is 13.6. The number of para-hydroxylation sites is 1. The number of benzene rings is 2. The van der Waals surface area contributed by atoms with Gasteiger partial charge in [-0.3, -0.25) is 14.0 Å². The van der Waals surface area contributed by atoms with Crippen molar-refractivity contribution < 1.29 is 9.32 Å². The molecule has 0 spiro atoms. The second-order valence-electron chi connectivity index (χ2n) is 8.39. The zero-order valence-corrected chi connectivity index (χ0v) is 20.6. The van der Waals surface area contributed by atoms with E-state index < -0.39 is 5.25 Å². The Morgan fingerprint density at radius 1 is 1.11 bits per heavy atom. The molecule has 0 aliphatic carbocycles. The monoisotopic (exact) mass is 488 g/mol. The molecule has 0 fully saturated rings. The van der Waals surface area contributed by atoms with Gasteiger partial charge in [-0.25, -0.2) is 4.57 Å². The van der Waals surface area contributed by atoms with Crippen LogP contribution in [0.25, 0.3) is 22.4 Å². The highest BCUT2D eigenvalue weighted by Gasteiger charge is 2.25. The Bertz CT molecular complexity index is 1630. The van der Waals surface area contributed by atoms with Crippen LogP contribution in [0.5, 0.6) is 0 Å². The third kappa shape index (κ3) is 4.10. The van der Waals surface area contributed by atoms with Crippen molar-refractivity contribution in [1.29, 1.82) is 0 Å². The lowest BCUT2D eigenvalue weighted by Crippen LogP contribution is -2.25. The van der Waals surface area contributed by atoms with Gasteiger partial charge in [0.2, 0.25) is 11.7 Å². The van der Waals surface area contributed by atoms with Crippen molar-refractivity contribution in [3.05, 3.63) is 75.8 Å². The molecule has 0 aliphatic rings. The number of aryl methyl sites for hydroxylation is 3. The Balaban J connectivity index is 1.65. The molecule has 10 heteroatoms. The van der Waals surface area contributed by atoms with Crippen molar-refractivity contribution in [2.75, 3.05) is 5.32 Å². The molecule has 0 saturated carbocycles. The van der Waals surface area contributed by atoms with E-state index in [1.807, 2.05) is 61.6 Å². The minimum atomic E-state index is -0.459. The van der Waals surface area contributed by atoms with Gasteiger partial charge >= 0.3 is 0 Å². The molecule has 1 atom stereocenters. The van der Waals surface area contributed by atoms with Crippen LogP contribution in [0.15, 0.2) is 63.0 Å². The van der Waals surface area contributed by atoms with Crippen LogP contribution in [0.3, 0.4) is 0 Å². The van der Waals surface area contributed by atoms with Crippen molar-refractivity contribution in [2.45, 2.75) is 44.5 Å². The van der Waals surface area contributed by atoms with Crippen molar-refractivity contribution >= 4 is 40.2 Å². The van der Waals surface area contributed by atoms with Crippen LogP contribution in [0.4, 0.5) is 5.82 Å². The number of fused-ring (bicyclic) bond motifs is 3. The highest BCUT2D eigenvalue weighted by Crippen LogP contribution is 2.29. The molecule has 178 valence electrons. The number of carbonyl (C=O) groups excluding carboxylic acids is 1. The van der Waals surface area contributed by atoms with Gasteiger partial charge in [-0.2, -0.15) is 0 Å². The van der Waals surface area contributed by atoms with E-state index in [0.29, 0.717) is 39.8 Å². The van der Waals surface area contributed by atoms with Gasteiger partial charge in [-0.05, 0) is 56.5 Å². The zero-order valence-electron chi connectivity index (χ0n) is 19.8. The minimum absolute atomic E-state index is 0.170. The lowest BCUT2D eigenvalue weighted by molar-refractivity contribution is -0.115. The predicted molar refractivity (Wildman–Crippen MR) is 135 cm³/mol. The van der Waals surface area contributed by atoms with E-state index in [9.17, 15) is 9.59 Å². The van der Waals surface area contributed by atoms with Crippen molar-refractivity contribution in [2.24, 2.45) is 0 Å². The van der Waals surface area contributed by atoms with E-state index in [4.69, 9.17) is 4.52 Å². The van der Waals surface area contributed by atoms with Crippen molar-refractivity contribution in [1.82, 2.24) is 24.3 Å². The number of anilines is 1. The maximum Gasteiger partial charge on any atom is 0.267 e. The molecule has 3 aromatic heterocycles. The minimum Gasteiger partial charge on any atom is -0.360 e. The maximum atomic E-state index is 13.6. The van der Waals surface area contributed by atoms with E-state index in [-0.39, 0.29) is 11.5 Å². The molecule has 3 heterocycles. The highest BCUT2D eigenvalue weighted by atomic mass is 32.2. The molecule has 0 saturated heterocycles. The summed E-state index contributed by atoms with van der Waals surface area (Å²) >= 11 is 1.29. The average Bonchev–Trinajstić information content (AvgIpc) is 3.45. The Kier molecular flexibility index (Phi) is 5.89. The molecular weight excluding hydrogens is 464 g/mol. The van der Waals surface area contributed by atoms with Gasteiger partial charge in [-0.1, -0.05) is 48.1 Å². The van der Waals surface area contributed by atoms with Crippen molar-refractivity contribution in [3.63, 3.8) is 0 Å². The standard InChI is InChI=1S/C25H24N6O3S/c1-5-20(22(32)26-21-13-16(4)34-29-21)35-25-28-27-24-30(19-12-14(2)10-11-15(19)3)23(33)17-8-6-7-9-18(17)31(24)25/h6-13,20H,5H2,1-4H3,(H,26,29,32). The van der Waals surface area contributed by atoms with Gasteiger partial charge in [0.25, 0.3) is 5.56 Å². The first-order chi connectivity index (χ1) is 16.9. The Hall–Kier alpha value is -3.92. The van der Waals surface area contributed by atoms with E-state index in [0.717, 1.165) is 16.8 Å². The summed E-state index contributed by atoms with van der Waals surface area (Å²) in [5, 5.41) is 16.1. The van der Waals surface area contributed by atoms with Gasteiger partial charge in [0.1, 0.15) is 5.76 Å². The number of hydrogen-bond donors (Lipinski definition) is 1. The first kappa shape index (κ1) is 22.9. The van der Waals surface area contributed by atoms with E-state index >= 15 is 0 Å². The summed E-state index contributed by atoms with van der Waals surface area (Å²) in [7, 11) is 0. The van der Waals surface area contributed by atoms with Crippen LogP contribution >= 0.6 is 11.8 Å². The second kappa shape index (κ2) is 9.03. The number of nitrogens with one attached hydrogen (secondary N) is 1. The van der Waals surface area contributed by atoms with Gasteiger partial charge in [0, 0.05) is 6.07 Å². The largest absolute Gasteiger partial charge is 0.360 e. The summed E-state index contributed by atoms with van der Waals surface area (Å²) in [5.74, 6) is 1.16. The Labute approximate surface area is 205 Å². The summed E-state index contributed by atoms with van der Waals surface area (Å²) in [5.41, 5.74) is 3.24. The first-order valence-corrected chi connectivity index (χ1v) is 12.1. The summed E-state index contributed by atoms with van der Waals surface area (Å²) in [6, 6.07) is 15.0. The molecule has 5 aromatic rings. The number of hydrogen-bond acceptors (Lipinski definition) is 7. The van der Waals surface area contributed by atoms with Gasteiger partial charge in [0.05, 0.1) is 21.8 Å². The van der Waals surface area contributed by atoms with Crippen LogP contribution in [-0.4, -0.2) is 35.5 Å². The SMILES string of the molecule is CCC(Sc1nnc2n(-c3cc(C)ccc3C)c(=O)c3ccccc3n12)C(=O)Nc1cc(C)on1. The molecule has 2 aromatic carbocycles. The predicted octanol–water partition coefficient (Wildman–Crippen LogP) is 4.46. The molecule has 0 aliphatic heterocycles. The van der Waals surface area contributed by atoms with Crippen LogP contribution in [0.1, 0.15) is 30.2 Å². The second-order valence-corrected chi connectivity index (χ2v) is 9.56. The number of aromatic nitrogens is 5. The molecular formula is C25H24N6O3S. The normalized spacial score (nSPS) is 12.3. The first-order valence-electron chi connectivity index (χ1n) is 11.2. The fourth-order valence-corrected chi connectivity index (χ4v) is 4.97. The molecule has 1 N–H and O–H groups in total. The van der Waals surface area contributed by atoms with E-state index in [1.165, 1.54) is 11.8 Å². The number of rotatable bonds is 6. The van der Waals surface area contributed by atoms with Gasteiger partial charge in [0.15, 0.2) is 11.0 Å². The topological polar surface area (TPSA) is 107 Å². The smallest absolute Gasteiger partial charge is 0.267 e. The fraction of sp³-hybridized carbons (Fsp3) is 0.240. The van der Waals surface area contributed by atoms with Crippen LogP contribution < -0.4 is 10.9 Å². The number of carbonyl (C=O) groups is 1. The Morgan fingerprint density at radius 2 is 1.91 bits per heavy atom. The summed E-state index contributed by atoms with van der Waals surface area (Å²) in [4.78, 5) is 26.6. The molecule has 5 rings (SSSR count). The average molecular weight is 489 g/mol. The number of amides is 1. The van der Waals surface area contributed by atoms with Crippen LogP contribution in [0, 0.1) is 20.8 Å². The summed E-state index contributed by atoms with van der Waals surface area (Å²) < 4.78 is 8.49. The molecule has 9 nitrogen and oxygen atoms in total. The Morgan fingerprint density at radius 3 is 2.66 bits per heavy atom. The van der Waals surface area contributed by atoms with E-state index in [1.54, 1.807) is 23.6 Å². The molecule has 0 radical (unpaired) electrons. The highest BCUT2D eigenvalue weighted by molar-refractivity contribution is 8.00. The van der Waals surface area contributed by atoms with Crippen LogP contribution in [0.2, 0.25) is 0 Å². The molecule has 1 unspecified atom stereocenters. The molecule has 0 bridgehead atoms. The molecule has 35 heavy (non-hydrogen) atoms. The lowest BCUT2D eigenvalue weighted by atomic mass is 10.1. The quantitative estimate of drug-likeness (QED) is 0.352. The summed E-state index contributed by atoms with van der Waals surface area (Å²) in [6.07, 6.45) is 0.552. The summed E-state index contributed by atoms with van der Waals surface area (Å²) in [6.45, 7) is 7.64. The fourth-order valence-electron chi connectivity index (χ4n) is 4.01. The van der Waals surface area contributed by atoms with Gasteiger partial charge in [-0.15, -0.1) is 10.2 Å². The van der Waals surface area contributed by atoms with Gasteiger partial charge < -0.3 is 9.84 Å². The number of nitrogens with zero attached hydrogens (tertiary/aromatic N) is 5. The van der Waals surface area contributed by atoms with E-state index in [2.05, 4.69) is 20.7 Å². The third-order valence-electron chi connectivity index (χ3n) is 5.79. The lowest BCUT2D eigenvalue weighted by Gasteiger charge is -2.15. The van der Waals surface area contributed by atoms with Crippen LogP contribution in [-0.2, 0) is 4.79 Å². The zero-order chi connectivity index (χ0) is 24.7. The molecule has 1 amide bonds.